The number of benzene rings is 1. The van der Waals surface area contributed by atoms with E-state index in [4.69, 9.17) is 10.1 Å². The van der Waals surface area contributed by atoms with Gasteiger partial charge >= 0.3 is 5.97 Å². The summed E-state index contributed by atoms with van der Waals surface area (Å²) >= 11 is 0. The van der Waals surface area contributed by atoms with Crippen LogP contribution < -0.4 is 0 Å². The lowest BCUT2D eigenvalue weighted by Gasteiger charge is -2.08. The van der Waals surface area contributed by atoms with E-state index in [9.17, 15) is 9.90 Å². The summed E-state index contributed by atoms with van der Waals surface area (Å²) in [6.45, 7) is 7.22. The van der Waals surface area contributed by atoms with Crippen LogP contribution in [0, 0.1) is 5.92 Å². The van der Waals surface area contributed by atoms with Crippen molar-refractivity contribution in [2.24, 2.45) is 5.92 Å². The van der Waals surface area contributed by atoms with E-state index in [2.05, 4.69) is 25.8 Å². The van der Waals surface area contributed by atoms with E-state index >= 15 is 0 Å². The van der Waals surface area contributed by atoms with Gasteiger partial charge in [0.05, 0.1) is 17.8 Å². The maximum absolute atomic E-state index is 11.4. The molecule has 6 heteroatoms. The Morgan fingerprint density at radius 1 is 1.14 bits per heavy atom. The van der Waals surface area contributed by atoms with Crippen molar-refractivity contribution in [2.75, 3.05) is 0 Å². The van der Waals surface area contributed by atoms with Crippen LogP contribution >= 0.6 is 0 Å². The highest BCUT2D eigenvalue weighted by Gasteiger charge is 2.13. The molecular formula is C23H28N4O2. The van der Waals surface area contributed by atoms with Gasteiger partial charge in [-0.15, -0.1) is 0 Å². The Morgan fingerprint density at radius 2 is 1.90 bits per heavy atom. The van der Waals surface area contributed by atoms with Crippen molar-refractivity contribution in [3.8, 4) is 11.3 Å². The lowest BCUT2D eigenvalue weighted by molar-refractivity contribution is 0.0697. The highest BCUT2D eigenvalue weighted by molar-refractivity contribution is 5.94. The van der Waals surface area contributed by atoms with Gasteiger partial charge in [-0.1, -0.05) is 45.0 Å². The summed E-state index contributed by atoms with van der Waals surface area (Å²) in [5.41, 5.74) is 2.57. The van der Waals surface area contributed by atoms with Crippen LogP contribution in [0.1, 0.15) is 61.2 Å². The molecule has 0 aliphatic heterocycles. The number of rotatable bonds is 9. The van der Waals surface area contributed by atoms with Gasteiger partial charge in [-0.25, -0.2) is 14.5 Å². The molecule has 0 bridgehead atoms. The molecule has 152 valence electrons. The molecule has 3 aromatic rings. The third-order valence-corrected chi connectivity index (χ3v) is 4.81. The molecule has 2 heterocycles. The predicted octanol–water partition coefficient (Wildman–Crippen LogP) is 4.63. The van der Waals surface area contributed by atoms with Gasteiger partial charge in [0, 0.05) is 24.6 Å². The first-order chi connectivity index (χ1) is 14.0. The first-order valence-electron chi connectivity index (χ1n) is 10.2. The lowest BCUT2D eigenvalue weighted by atomic mass is 10.0. The van der Waals surface area contributed by atoms with Crippen LogP contribution in [0.4, 0.5) is 0 Å². The topological polar surface area (TPSA) is 80.9 Å². The number of aromatic nitrogens is 4. The zero-order valence-electron chi connectivity index (χ0n) is 17.3. The maximum atomic E-state index is 11.4. The predicted molar refractivity (Wildman–Crippen MR) is 113 cm³/mol. The molecule has 0 radical (unpaired) electrons. The van der Waals surface area contributed by atoms with Gasteiger partial charge in [0.15, 0.2) is 5.82 Å². The Labute approximate surface area is 171 Å². The van der Waals surface area contributed by atoms with Crippen molar-refractivity contribution in [3.05, 3.63) is 65.4 Å². The minimum Gasteiger partial charge on any atom is -0.478 e. The molecule has 2 aromatic heterocycles. The van der Waals surface area contributed by atoms with Crippen molar-refractivity contribution in [2.45, 2.75) is 53.0 Å². The number of hydrogen-bond acceptors (Lipinski definition) is 4. The summed E-state index contributed by atoms with van der Waals surface area (Å²) in [5, 5.41) is 14.1. The monoisotopic (exact) mass is 392 g/mol. The molecule has 3 rings (SSSR count). The van der Waals surface area contributed by atoms with Gasteiger partial charge in [-0.3, -0.25) is 4.98 Å². The highest BCUT2D eigenvalue weighted by Crippen LogP contribution is 2.22. The van der Waals surface area contributed by atoms with Crippen molar-refractivity contribution >= 4 is 5.97 Å². The second kappa shape index (κ2) is 9.45. The maximum Gasteiger partial charge on any atom is 0.337 e. The quantitative estimate of drug-likeness (QED) is 0.574. The molecule has 29 heavy (non-hydrogen) atoms. The summed E-state index contributed by atoms with van der Waals surface area (Å²) in [7, 11) is 0. The zero-order chi connectivity index (χ0) is 20.8. The van der Waals surface area contributed by atoms with Crippen LogP contribution in [0.15, 0.2) is 42.6 Å². The van der Waals surface area contributed by atoms with E-state index in [1.807, 2.05) is 28.9 Å². The van der Waals surface area contributed by atoms with E-state index in [1.54, 1.807) is 18.3 Å². The van der Waals surface area contributed by atoms with E-state index < -0.39 is 5.97 Å². The first kappa shape index (κ1) is 20.7. The van der Waals surface area contributed by atoms with Gasteiger partial charge in [0.25, 0.3) is 0 Å². The molecule has 0 fully saturated rings. The third-order valence-electron chi connectivity index (χ3n) is 4.81. The summed E-state index contributed by atoms with van der Waals surface area (Å²) in [5.74, 6) is 1.59. The Bertz CT molecular complexity index is 961. The fourth-order valence-electron chi connectivity index (χ4n) is 3.23. The lowest BCUT2D eigenvalue weighted by Crippen LogP contribution is -2.07. The Balaban J connectivity index is 1.80. The number of nitrogens with zero attached hydrogens (tertiary/aromatic N) is 4. The van der Waals surface area contributed by atoms with Gasteiger partial charge in [0.1, 0.15) is 5.82 Å². The number of carboxylic acid groups (broad SMARTS) is 1. The number of carbonyl (C=O) groups is 1. The normalized spacial score (nSPS) is 11.2. The largest absolute Gasteiger partial charge is 0.478 e. The average molecular weight is 393 g/mol. The SMILES string of the molecule is CCCc1nc(CCC(C)C)nn1Cc1ccc(-c2ncccc2C(=O)O)cc1. The zero-order valence-corrected chi connectivity index (χ0v) is 17.3. The number of aryl methyl sites for hydroxylation is 2. The van der Waals surface area contributed by atoms with Crippen LogP contribution in [0.2, 0.25) is 0 Å². The Morgan fingerprint density at radius 3 is 2.55 bits per heavy atom. The van der Waals surface area contributed by atoms with E-state index in [0.29, 0.717) is 18.2 Å². The molecule has 0 aliphatic rings. The first-order valence-corrected chi connectivity index (χ1v) is 10.2. The van der Waals surface area contributed by atoms with Crippen LogP contribution in [-0.2, 0) is 19.4 Å². The van der Waals surface area contributed by atoms with Crippen molar-refractivity contribution in [1.82, 2.24) is 19.7 Å². The smallest absolute Gasteiger partial charge is 0.337 e. The molecule has 0 spiro atoms. The number of hydrogen-bond donors (Lipinski definition) is 1. The number of carboxylic acids is 1. The number of pyridine rings is 1. The fourth-order valence-corrected chi connectivity index (χ4v) is 3.23. The van der Waals surface area contributed by atoms with Gasteiger partial charge in [0.2, 0.25) is 0 Å². The van der Waals surface area contributed by atoms with Gasteiger partial charge in [-0.2, -0.15) is 5.10 Å². The van der Waals surface area contributed by atoms with Gasteiger partial charge in [-0.05, 0) is 36.5 Å². The minimum absolute atomic E-state index is 0.205. The van der Waals surface area contributed by atoms with Gasteiger partial charge < -0.3 is 5.11 Å². The van der Waals surface area contributed by atoms with Crippen molar-refractivity contribution in [3.63, 3.8) is 0 Å². The fraction of sp³-hybridized carbons (Fsp3) is 0.391. The molecule has 1 aromatic carbocycles. The molecule has 0 saturated carbocycles. The Hall–Kier alpha value is -3.02. The average Bonchev–Trinajstić information content (AvgIpc) is 3.08. The molecule has 0 atom stereocenters. The van der Waals surface area contributed by atoms with E-state index in [1.165, 1.54) is 0 Å². The van der Waals surface area contributed by atoms with Crippen molar-refractivity contribution in [1.29, 1.82) is 0 Å². The summed E-state index contributed by atoms with van der Waals surface area (Å²) in [6.07, 6.45) is 5.53. The van der Waals surface area contributed by atoms with Crippen molar-refractivity contribution < 1.29 is 9.90 Å². The number of aromatic carboxylic acids is 1. The van der Waals surface area contributed by atoms with Crippen LogP contribution in [0.25, 0.3) is 11.3 Å². The van der Waals surface area contributed by atoms with Crippen LogP contribution in [0.3, 0.4) is 0 Å². The second-order valence-corrected chi connectivity index (χ2v) is 7.69. The molecule has 0 aliphatic carbocycles. The van der Waals surface area contributed by atoms with Crippen LogP contribution in [0.5, 0.6) is 0 Å². The third kappa shape index (κ3) is 5.28. The standard InChI is InChI=1S/C23H28N4O2/c1-4-6-21-25-20(13-8-16(2)3)26-27(21)15-17-9-11-18(12-10-17)22-19(23(28)29)7-5-14-24-22/h5,7,9-12,14,16H,4,6,8,13,15H2,1-3H3,(H,28,29). The van der Waals surface area contributed by atoms with E-state index in [0.717, 1.165) is 48.5 Å². The second-order valence-electron chi connectivity index (χ2n) is 7.69. The highest BCUT2D eigenvalue weighted by atomic mass is 16.4. The molecule has 0 amide bonds. The Kier molecular flexibility index (Phi) is 6.75. The minimum atomic E-state index is -0.974. The summed E-state index contributed by atoms with van der Waals surface area (Å²) in [6, 6.07) is 11.0. The molecular weight excluding hydrogens is 364 g/mol. The molecule has 1 N–H and O–H groups in total. The van der Waals surface area contributed by atoms with Crippen LogP contribution in [-0.4, -0.2) is 30.8 Å². The summed E-state index contributed by atoms with van der Waals surface area (Å²) < 4.78 is 2.00. The molecule has 0 unspecified atom stereocenters. The molecule has 0 saturated heterocycles. The molecule has 6 nitrogen and oxygen atoms in total. The van der Waals surface area contributed by atoms with E-state index in [-0.39, 0.29) is 5.56 Å². The summed E-state index contributed by atoms with van der Waals surface area (Å²) in [4.78, 5) is 20.4.